The van der Waals surface area contributed by atoms with Crippen LogP contribution in [0.4, 0.5) is 5.69 Å². The molecule has 5 nitrogen and oxygen atoms in total. The van der Waals surface area contributed by atoms with Crippen LogP contribution in [0.5, 0.6) is 0 Å². The number of hydrogen-bond acceptors (Lipinski definition) is 4. The third-order valence-corrected chi connectivity index (χ3v) is 6.33. The molecule has 2 rings (SSSR count). The summed E-state index contributed by atoms with van der Waals surface area (Å²) in [4.78, 5) is 12.5. The van der Waals surface area contributed by atoms with E-state index in [1.807, 2.05) is 11.6 Å². The van der Waals surface area contributed by atoms with E-state index in [0.717, 1.165) is 6.42 Å². The van der Waals surface area contributed by atoms with Crippen LogP contribution in [0.15, 0.2) is 22.0 Å². The van der Waals surface area contributed by atoms with Crippen LogP contribution >= 0.6 is 17.3 Å². The molecule has 1 aliphatic rings. The number of hydrogen-bond donors (Lipinski definition) is 0. The number of pyridine rings is 1. The first-order chi connectivity index (χ1) is 8.51. The van der Waals surface area contributed by atoms with Gasteiger partial charge in [-0.1, -0.05) is 15.9 Å². The van der Waals surface area contributed by atoms with E-state index in [2.05, 4.69) is 8.93 Å². The van der Waals surface area contributed by atoms with Crippen LogP contribution in [0.25, 0.3) is 0 Å². The first-order valence-corrected chi connectivity index (χ1v) is 10.1. The van der Waals surface area contributed by atoms with E-state index in [1.54, 1.807) is 16.8 Å². The fourth-order valence-corrected chi connectivity index (χ4v) is 5.03. The molecule has 0 N–H and O–H groups in total. The van der Waals surface area contributed by atoms with Crippen molar-refractivity contribution in [1.29, 1.82) is 0 Å². The van der Waals surface area contributed by atoms with Gasteiger partial charge in [0.25, 0.3) is 5.56 Å². The second-order valence-electron chi connectivity index (χ2n) is 4.13. The van der Waals surface area contributed by atoms with Crippen molar-refractivity contribution in [3.63, 3.8) is 0 Å². The summed E-state index contributed by atoms with van der Waals surface area (Å²) in [7, 11) is -0.416. The lowest BCUT2D eigenvalue weighted by Crippen LogP contribution is -2.36. The summed E-state index contributed by atoms with van der Waals surface area (Å²) in [5.41, 5.74) is 0.137. The second-order valence-corrected chi connectivity index (χ2v) is 7.78. The van der Waals surface area contributed by atoms with Crippen LogP contribution in [0, 0.1) is 0 Å². The largest absolute Gasteiger partial charge is 0.343 e. The molecule has 2 atom stereocenters. The van der Waals surface area contributed by atoms with Gasteiger partial charge in [0.1, 0.15) is 5.69 Å². The predicted octanol–water partition coefficient (Wildman–Crippen LogP) is 1.24. The van der Waals surface area contributed by atoms with Crippen LogP contribution in [0.1, 0.15) is 13.3 Å². The summed E-state index contributed by atoms with van der Waals surface area (Å²) < 4.78 is 27.4. The molecule has 0 spiro atoms. The maximum atomic E-state index is 12.3. The Morgan fingerprint density at radius 1 is 1.50 bits per heavy atom. The Bertz CT molecular complexity index is 612. The van der Waals surface area contributed by atoms with Gasteiger partial charge in [-0.3, -0.25) is 4.79 Å². The molecule has 1 aliphatic heterocycles. The van der Waals surface area contributed by atoms with E-state index in [4.69, 9.17) is 0 Å². The van der Waals surface area contributed by atoms with Gasteiger partial charge in [-0.15, -0.1) is 0 Å². The van der Waals surface area contributed by atoms with Crippen LogP contribution in [-0.4, -0.2) is 25.3 Å². The Morgan fingerprint density at radius 3 is 2.83 bits per heavy atom. The van der Waals surface area contributed by atoms with Crippen molar-refractivity contribution in [3.8, 4) is 0 Å². The summed E-state index contributed by atoms with van der Waals surface area (Å²) >= 11 is 0. The van der Waals surface area contributed by atoms with Gasteiger partial charge < -0.3 is 9.24 Å². The summed E-state index contributed by atoms with van der Waals surface area (Å²) in [5.74, 6) is 0.0820. The SMILES string of the molecule is CCCn1ccc2c(c1=O)N(PP)CCS2(=O)=O. The molecule has 0 aliphatic carbocycles. The molecule has 2 heterocycles. The molecule has 8 heteroatoms. The maximum absolute atomic E-state index is 12.3. The van der Waals surface area contributed by atoms with E-state index in [1.165, 1.54) is 0 Å². The summed E-state index contributed by atoms with van der Waals surface area (Å²) in [6, 6.07) is 1.55. The normalized spacial score (nSPS) is 18.2. The van der Waals surface area contributed by atoms with Crippen LogP contribution in [-0.2, 0) is 16.4 Å². The number of anilines is 1. The van der Waals surface area contributed by atoms with Crippen molar-refractivity contribution in [2.75, 3.05) is 17.0 Å². The zero-order chi connectivity index (χ0) is 13.3. The number of fused-ring (bicyclic) bond motifs is 1. The average molecular weight is 306 g/mol. The molecular formula is C10H16N2O3P2S. The number of aromatic nitrogens is 1. The minimum absolute atomic E-state index is 0.0820. The van der Waals surface area contributed by atoms with Gasteiger partial charge in [-0.05, 0) is 20.9 Å². The highest BCUT2D eigenvalue weighted by Crippen LogP contribution is 2.37. The zero-order valence-corrected chi connectivity index (χ0v) is 13.1. The Balaban J connectivity index is 2.68. The minimum Gasteiger partial charge on any atom is -0.343 e. The van der Waals surface area contributed by atoms with E-state index in [-0.39, 0.29) is 16.2 Å². The zero-order valence-electron chi connectivity index (χ0n) is 10.1. The smallest absolute Gasteiger partial charge is 0.275 e. The third kappa shape index (κ3) is 2.34. The molecule has 0 saturated heterocycles. The molecule has 2 unspecified atom stereocenters. The van der Waals surface area contributed by atoms with Crippen LogP contribution in [0.3, 0.4) is 0 Å². The van der Waals surface area contributed by atoms with Gasteiger partial charge in [-0.2, -0.15) is 0 Å². The highest BCUT2D eigenvalue weighted by molar-refractivity contribution is 8.03. The summed E-state index contributed by atoms with van der Waals surface area (Å²) in [6.07, 6.45) is 2.42. The maximum Gasteiger partial charge on any atom is 0.275 e. The lowest BCUT2D eigenvalue weighted by molar-refractivity contribution is 0.590. The summed E-state index contributed by atoms with van der Waals surface area (Å²) in [5, 5.41) is 0. The molecule has 0 radical (unpaired) electrons. The van der Waals surface area contributed by atoms with Gasteiger partial charge in [0.05, 0.1) is 10.6 Å². The van der Waals surface area contributed by atoms with Gasteiger partial charge in [-0.25, -0.2) is 8.42 Å². The first-order valence-electron chi connectivity index (χ1n) is 5.71. The highest BCUT2D eigenvalue weighted by atomic mass is 32.2. The third-order valence-electron chi connectivity index (χ3n) is 2.91. The van der Waals surface area contributed by atoms with Crippen molar-refractivity contribution < 1.29 is 8.42 Å². The second kappa shape index (κ2) is 5.28. The predicted molar refractivity (Wildman–Crippen MR) is 78.4 cm³/mol. The standard InChI is InChI=1S/C10H16N2O3P2S/c1-2-4-11-5-3-8-9(10(11)13)12(17-16)6-7-18(8,14)15/h3,5,17H,2,4,6-7,16H2,1H3. The minimum atomic E-state index is -3.30. The number of aryl methyl sites for hydroxylation is 1. The number of rotatable bonds is 3. The average Bonchev–Trinajstić information content (AvgIpc) is 2.33. The van der Waals surface area contributed by atoms with Crippen molar-refractivity contribution in [2.24, 2.45) is 0 Å². The van der Waals surface area contributed by atoms with E-state index >= 15 is 0 Å². The Labute approximate surface area is 110 Å². The lowest BCUT2D eigenvalue weighted by Gasteiger charge is -2.29. The van der Waals surface area contributed by atoms with Crippen molar-refractivity contribution in [3.05, 3.63) is 22.6 Å². The van der Waals surface area contributed by atoms with Crippen molar-refractivity contribution in [2.45, 2.75) is 24.8 Å². The fourth-order valence-electron chi connectivity index (χ4n) is 2.02. The molecule has 1 aromatic rings. The summed E-state index contributed by atoms with van der Waals surface area (Å²) in [6.45, 7) is 2.99. The van der Waals surface area contributed by atoms with Crippen LogP contribution in [0.2, 0.25) is 0 Å². The van der Waals surface area contributed by atoms with Gasteiger partial charge in [0.15, 0.2) is 9.84 Å². The van der Waals surface area contributed by atoms with Crippen molar-refractivity contribution in [1.82, 2.24) is 4.57 Å². The first kappa shape index (κ1) is 14.0. The van der Waals surface area contributed by atoms with Gasteiger partial charge in [0.2, 0.25) is 0 Å². The topological polar surface area (TPSA) is 59.4 Å². The Hall–Kier alpha value is -0.440. The van der Waals surface area contributed by atoms with Crippen molar-refractivity contribution >= 4 is 32.9 Å². The molecule has 0 amide bonds. The van der Waals surface area contributed by atoms with E-state index < -0.39 is 9.84 Å². The number of nitrogens with zero attached hydrogens (tertiary/aromatic N) is 2. The lowest BCUT2D eigenvalue weighted by atomic mass is 10.3. The molecule has 0 bridgehead atoms. The van der Waals surface area contributed by atoms with Crippen LogP contribution < -0.4 is 10.2 Å². The quantitative estimate of drug-likeness (QED) is 0.788. The van der Waals surface area contributed by atoms with E-state index in [9.17, 15) is 13.2 Å². The number of sulfone groups is 1. The highest BCUT2D eigenvalue weighted by Gasteiger charge is 2.30. The molecule has 18 heavy (non-hydrogen) atoms. The molecule has 100 valence electrons. The fraction of sp³-hybridized carbons (Fsp3) is 0.500. The molecular weight excluding hydrogens is 290 g/mol. The molecule has 0 aromatic carbocycles. The molecule has 0 fully saturated rings. The Kier molecular flexibility index (Phi) is 4.10. The van der Waals surface area contributed by atoms with Gasteiger partial charge >= 0.3 is 0 Å². The van der Waals surface area contributed by atoms with Gasteiger partial charge in [0, 0.05) is 19.3 Å². The van der Waals surface area contributed by atoms with E-state index in [0.29, 0.717) is 27.2 Å². The monoisotopic (exact) mass is 306 g/mol. The Morgan fingerprint density at radius 2 is 2.22 bits per heavy atom. The molecule has 1 aromatic heterocycles. The molecule has 0 saturated carbocycles.